The average Bonchev–Trinajstić information content (AvgIpc) is 3.82. The second-order valence-electron chi connectivity index (χ2n) is 12.2. The predicted molar refractivity (Wildman–Crippen MR) is 194 cm³/mol. The van der Waals surface area contributed by atoms with Crippen molar-refractivity contribution in [1.82, 2.24) is 19.5 Å². The molecule has 0 radical (unpaired) electrons. The number of aromatic nitrogens is 2. The molecule has 2 aliphatic rings. The second-order valence-corrected chi connectivity index (χ2v) is 12.2. The van der Waals surface area contributed by atoms with Gasteiger partial charge in [0.1, 0.15) is 6.17 Å². The van der Waals surface area contributed by atoms with E-state index in [4.69, 9.17) is 5.10 Å². The molecule has 5 nitrogen and oxygen atoms in total. The quantitative estimate of drug-likeness (QED) is 0.218. The molecule has 0 fully saturated rings. The molecule has 10 rings (SSSR count). The van der Waals surface area contributed by atoms with E-state index in [0.717, 1.165) is 22.8 Å². The topological polar surface area (TPSA) is 37.5 Å². The molecular formula is C42H29N5. The minimum atomic E-state index is -0.0908. The molecule has 1 N–H and O–H groups in total. The van der Waals surface area contributed by atoms with Crippen LogP contribution in [0.15, 0.2) is 169 Å². The number of benzene rings is 6. The number of rotatable bonds is 4. The van der Waals surface area contributed by atoms with E-state index in [1.165, 1.54) is 54.7 Å². The first-order valence-corrected chi connectivity index (χ1v) is 16.0. The minimum Gasteiger partial charge on any atom is -0.343 e. The van der Waals surface area contributed by atoms with Crippen molar-refractivity contribution in [1.29, 1.82) is 0 Å². The Kier molecular flexibility index (Phi) is 5.57. The van der Waals surface area contributed by atoms with Crippen molar-refractivity contribution in [3.8, 4) is 11.4 Å². The number of nitrogens with zero attached hydrogens (tertiary/aromatic N) is 4. The van der Waals surface area contributed by atoms with Gasteiger partial charge in [-0.1, -0.05) is 84.9 Å². The Balaban J connectivity index is 0.990. The maximum absolute atomic E-state index is 5.00. The maximum Gasteiger partial charge on any atom is 0.155 e. The lowest BCUT2D eigenvalue weighted by Crippen LogP contribution is -2.38. The highest BCUT2D eigenvalue weighted by Crippen LogP contribution is 2.37. The number of hydrazone groups is 1. The molecule has 1 unspecified atom stereocenters. The van der Waals surface area contributed by atoms with Crippen LogP contribution in [0.5, 0.6) is 0 Å². The molecule has 6 aromatic carbocycles. The van der Waals surface area contributed by atoms with Crippen LogP contribution in [-0.2, 0) is 0 Å². The summed E-state index contributed by atoms with van der Waals surface area (Å²) in [7, 11) is 0. The van der Waals surface area contributed by atoms with Gasteiger partial charge < -0.3 is 14.5 Å². The van der Waals surface area contributed by atoms with Gasteiger partial charge in [0.15, 0.2) is 5.84 Å². The van der Waals surface area contributed by atoms with Gasteiger partial charge in [-0.2, -0.15) is 5.10 Å². The molecule has 1 atom stereocenters. The highest BCUT2D eigenvalue weighted by molar-refractivity contribution is 6.11. The second kappa shape index (κ2) is 10.1. The van der Waals surface area contributed by atoms with Crippen molar-refractivity contribution >= 4 is 55.0 Å². The summed E-state index contributed by atoms with van der Waals surface area (Å²) in [4.78, 5) is 0. The van der Waals surface area contributed by atoms with Crippen LogP contribution in [0.25, 0.3) is 60.6 Å². The molecule has 0 saturated carbocycles. The summed E-state index contributed by atoms with van der Waals surface area (Å²) in [6.07, 6.45) is 6.24. The van der Waals surface area contributed by atoms with E-state index in [-0.39, 0.29) is 6.17 Å². The van der Waals surface area contributed by atoms with Crippen molar-refractivity contribution in [3.05, 3.63) is 175 Å². The number of fused-ring (bicyclic) bond motifs is 7. The van der Waals surface area contributed by atoms with Gasteiger partial charge in [0.25, 0.3) is 0 Å². The summed E-state index contributed by atoms with van der Waals surface area (Å²) in [6.45, 7) is 0. The summed E-state index contributed by atoms with van der Waals surface area (Å²) < 4.78 is 4.70. The van der Waals surface area contributed by atoms with Crippen molar-refractivity contribution in [2.45, 2.75) is 6.17 Å². The molecule has 222 valence electrons. The van der Waals surface area contributed by atoms with Crippen molar-refractivity contribution in [3.63, 3.8) is 0 Å². The number of hydrogen-bond donors (Lipinski definition) is 1. The standard InChI is InChI=1S/C42H29N5/c1-2-11-30(12-3-1)46-39-19-9-6-15-35(39)36-27-29(22-25-40(36)46)32-16-10-26-45-42(32)43-41(44-45)28-20-23-31(24-21-28)47-37-17-7-4-13-33(37)34-14-5-8-18-38(34)47/h1-27,42H,(H,43,44). The molecular weight excluding hydrogens is 574 g/mol. The summed E-state index contributed by atoms with van der Waals surface area (Å²) >= 11 is 0. The van der Waals surface area contributed by atoms with Gasteiger partial charge in [-0.15, -0.1) is 0 Å². The van der Waals surface area contributed by atoms with Crippen molar-refractivity contribution in [2.24, 2.45) is 5.10 Å². The van der Waals surface area contributed by atoms with E-state index < -0.39 is 0 Å². The minimum absolute atomic E-state index is 0.0908. The van der Waals surface area contributed by atoms with Gasteiger partial charge in [-0.25, -0.2) is 5.01 Å². The molecule has 0 amide bonds. The monoisotopic (exact) mass is 603 g/mol. The number of hydrogen-bond acceptors (Lipinski definition) is 3. The molecule has 8 aromatic rings. The van der Waals surface area contributed by atoms with Gasteiger partial charge in [0.2, 0.25) is 0 Å². The lowest BCUT2D eigenvalue weighted by atomic mass is 9.98. The number of nitrogens with one attached hydrogen (secondary N) is 1. The molecule has 0 saturated heterocycles. The molecule has 0 spiro atoms. The van der Waals surface area contributed by atoms with E-state index in [1.54, 1.807) is 0 Å². The Bertz CT molecular complexity index is 2550. The summed E-state index contributed by atoms with van der Waals surface area (Å²) in [5.74, 6) is 0.864. The van der Waals surface area contributed by atoms with E-state index in [2.05, 4.69) is 172 Å². The van der Waals surface area contributed by atoms with Crippen LogP contribution in [0.1, 0.15) is 11.1 Å². The first-order valence-electron chi connectivity index (χ1n) is 16.0. The highest BCUT2D eigenvalue weighted by Gasteiger charge is 2.31. The zero-order chi connectivity index (χ0) is 30.9. The van der Waals surface area contributed by atoms with Gasteiger partial charge in [0, 0.05) is 50.3 Å². The highest BCUT2D eigenvalue weighted by atomic mass is 15.6. The van der Waals surface area contributed by atoms with Gasteiger partial charge in [0.05, 0.1) is 22.1 Å². The first-order chi connectivity index (χ1) is 23.3. The van der Waals surface area contributed by atoms with Gasteiger partial charge >= 0.3 is 0 Å². The van der Waals surface area contributed by atoms with Crippen LogP contribution >= 0.6 is 0 Å². The molecule has 4 heterocycles. The zero-order valence-corrected chi connectivity index (χ0v) is 25.5. The lowest BCUT2D eigenvalue weighted by molar-refractivity contribution is 0.359. The average molecular weight is 604 g/mol. The van der Waals surface area contributed by atoms with Crippen LogP contribution in [0.3, 0.4) is 0 Å². The van der Waals surface area contributed by atoms with Crippen LogP contribution in [0.4, 0.5) is 0 Å². The molecule has 2 aromatic heterocycles. The van der Waals surface area contributed by atoms with Crippen molar-refractivity contribution in [2.75, 3.05) is 0 Å². The number of para-hydroxylation sites is 4. The molecule has 2 aliphatic heterocycles. The Hall–Kier alpha value is -6.33. The van der Waals surface area contributed by atoms with Crippen molar-refractivity contribution < 1.29 is 0 Å². The summed E-state index contributed by atoms with van der Waals surface area (Å²) in [5, 5.41) is 15.8. The van der Waals surface area contributed by atoms with E-state index in [1.807, 2.05) is 11.2 Å². The van der Waals surface area contributed by atoms with Gasteiger partial charge in [-0.3, -0.25) is 0 Å². The first kappa shape index (κ1) is 25.9. The predicted octanol–water partition coefficient (Wildman–Crippen LogP) is 9.38. The Morgan fingerprint density at radius 1 is 0.489 bits per heavy atom. The largest absolute Gasteiger partial charge is 0.343 e. The smallest absolute Gasteiger partial charge is 0.155 e. The Morgan fingerprint density at radius 3 is 1.68 bits per heavy atom. The fraction of sp³-hybridized carbons (Fsp3) is 0.0238. The molecule has 5 heteroatoms. The Labute approximate surface area is 271 Å². The lowest BCUT2D eigenvalue weighted by Gasteiger charge is -2.26. The number of amidine groups is 1. The third-order valence-electron chi connectivity index (χ3n) is 9.56. The Morgan fingerprint density at radius 2 is 1.02 bits per heavy atom. The zero-order valence-electron chi connectivity index (χ0n) is 25.5. The fourth-order valence-corrected chi connectivity index (χ4v) is 7.44. The normalized spacial score (nSPS) is 15.7. The van der Waals surface area contributed by atoms with Crippen LogP contribution in [-0.4, -0.2) is 26.1 Å². The van der Waals surface area contributed by atoms with Crippen LogP contribution in [0.2, 0.25) is 0 Å². The van der Waals surface area contributed by atoms with Crippen LogP contribution < -0.4 is 5.32 Å². The third-order valence-corrected chi connectivity index (χ3v) is 9.56. The van der Waals surface area contributed by atoms with E-state index in [0.29, 0.717) is 0 Å². The van der Waals surface area contributed by atoms with Crippen LogP contribution in [0, 0.1) is 0 Å². The third kappa shape index (κ3) is 3.93. The fourth-order valence-electron chi connectivity index (χ4n) is 7.44. The molecule has 0 bridgehead atoms. The van der Waals surface area contributed by atoms with E-state index in [9.17, 15) is 0 Å². The maximum atomic E-state index is 5.00. The SMILES string of the molecule is C1=CN2N=C(c3ccc(-n4c5ccccc5c5ccccc54)cc3)NC2C(c2ccc3c(c2)c2ccccc2n3-c2ccccc2)=C1. The van der Waals surface area contributed by atoms with E-state index >= 15 is 0 Å². The van der Waals surface area contributed by atoms with Gasteiger partial charge in [-0.05, 0) is 78.4 Å². The summed E-state index contributed by atoms with van der Waals surface area (Å²) in [5.41, 5.74) is 10.5. The molecule has 47 heavy (non-hydrogen) atoms. The number of allylic oxidation sites excluding steroid dienone is 2. The summed E-state index contributed by atoms with van der Waals surface area (Å²) in [6, 6.07) is 52.0. The molecule has 0 aliphatic carbocycles.